The van der Waals surface area contributed by atoms with Gasteiger partial charge in [0.05, 0.1) is 7.14 Å². The number of nitrogens with zero attached hydrogens (tertiary/aromatic N) is 1. The second kappa shape index (κ2) is 7.37. The molecule has 0 radical (unpaired) electrons. The van der Waals surface area contributed by atoms with Gasteiger partial charge >= 0.3 is 11.9 Å². The summed E-state index contributed by atoms with van der Waals surface area (Å²) in [6.07, 6.45) is -0.0951. The van der Waals surface area contributed by atoms with Crippen molar-refractivity contribution in [2.24, 2.45) is 0 Å². The molecule has 2 amide bonds. The molecule has 1 heterocycles. The summed E-state index contributed by atoms with van der Waals surface area (Å²) in [5, 5.41) is 0.299. The van der Waals surface area contributed by atoms with Crippen LogP contribution >= 0.6 is 67.8 Å². The van der Waals surface area contributed by atoms with Crippen LogP contribution in [0.1, 0.15) is 12.8 Å². The number of ether oxygens (including phenoxy) is 1. The van der Waals surface area contributed by atoms with Crippen LogP contribution in [0.4, 0.5) is 0 Å². The Bertz CT molecular complexity index is 650. The molecule has 1 saturated heterocycles. The lowest BCUT2D eigenvalue weighted by atomic mass is 10.3. The van der Waals surface area contributed by atoms with Gasteiger partial charge in [-0.05, 0) is 79.9 Å². The van der Waals surface area contributed by atoms with Gasteiger partial charge in [-0.1, -0.05) is 0 Å². The third-order valence-electron chi connectivity index (χ3n) is 2.50. The van der Waals surface area contributed by atoms with Crippen LogP contribution in [0.5, 0.6) is 5.75 Å². The van der Waals surface area contributed by atoms with Gasteiger partial charge in [0.1, 0.15) is 0 Å². The number of halogens is 3. The van der Waals surface area contributed by atoms with Crippen LogP contribution in [0.2, 0.25) is 0 Å². The molecule has 0 spiro atoms. The first-order valence-electron chi connectivity index (χ1n) is 5.74. The summed E-state index contributed by atoms with van der Waals surface area (Å²) >= 11 is 6.04. The highest BCUT2D eigenvalue weighted by Crippen LogP contribution is 2.29. The molecule has 22 heavy (non-hydrogen) atoms. The molecule has 2 rings (SSSR count). The average Bonchev–Trinajstić information content (AvgIpc) is 2.74. The van der Waals surface area contributed by atoms with E-state index >= 15 is 0 Å². The fraction of sp³-hybridized carbons (Fsp3) is 0.167. The standard InChI is InChI=1S/C12H6I3NO6/c13-5-3-6(14)10(7(15)4-5)21-11(19)12(20)22-16-8(17)1-2-9(16)18/h3-4H,1-2H2. The minimum absolute atomic E-state index is 0.0475. The number of imide groups is 1. The maximum Gasteiger partial charge on any atom is 0.442 e. The number of carbonyl (C=O) groups excluding carboxylic acids is 4. The number of rotatable bonds is 2. The van der Waals surface area contributed by atoms with Crippen molar-refractivity contribution in [2.45, 2.75) is 12.8 Å². The number of carbonyl (C=O) groups is 4. The summed E-state index contributed by atoms with van der Waals surface area (Å²) in [5.74, 6) is -3.82. The highest BCUT2D eigenvalue weighted by molar-refractivity contribution is 14.1. The van der Waals surface area contributed by atoms with Gasteiger partial charge in [0, 0.05) is 16.4 Å². The zero-order chi connectivity index (χ0) is 16.4. The SMILES string of the molecule is O=C(Oc1c(I)cc(I)cc1I)C(=O)ON1C(=O)CCC1=O. The minimum atomic E-state index is -1.42. The van der Waals surface area contributed by atoms with E-state index in [1.165, 1.54) is 0 Å². The van der Waals surface area contributed by atoms with Crippen molar-refractivity contribution < 1.29 is 28.8 Å². The van der Waals surface area contributed by atoms with E-state index in [0.29, 0.717) is 12.2 Å². The summed E-state index contributed by atoms with van der Waals surface area (Å²) in [4.78, 5) is 50.5. The molecule has 1 fully saturated rings. The van der Waals surface area contributed by atoms with Crippen LogP contribution in [0.3, 0.4) is 0 Å². The Morgan fingerprint density at radius 3 is 1.95 bits per heavy atom. The van der Waals surface area contributed by atoms with Crippen molar-refractivity contribution in [1.29, 1.82) is 0 Å². The maximum atomic E-state index is 11.7. The van der Waals surface area contributed by atoms with Gasteiger partial charge in [-0.25, -0.2) is 9.59 Å². The Kier molecular flexibility index (Phi) is 5.98. The molecule has 1 aliphatic rings. The van der Waals surface area contributed by atoms with Crippen LogP contribution in [-0.4, -0.2) is 28.8 Å². The van der Waals surface area contributed by atoms with Crippen molar-refractivity contribution in [3.63, 3.8) is 0 Å². The molecule has 7 nitrogen and oxygen atoms in total. The molecule has 0 unspecified atom stereocenters. The molecule has 1 aromatic rings. The molecular weight excluding hydrogens is 635 g/mol. The van der Waals surface area contributed by atoms with E-state index in [9.17, 15) is 19.2 Å². The third-order valence-corrected chi connectivity index (χ3v) is 4.73. The van der Waals surface area contributed by atoms with Crippen molar-refractivity contribution >= 4 is 91.5 Å². The highest BCUT2D eigenvalue weighted by atomic mass is 127. The Morgan fingerprint density at radius 1 is 0.955 bits per heavy atom. The van der Waals surface area contributed by atoms with E-state index in [0.717, 1.165) is 3.57 Å². The second-order valence-electron chi connectivity index (χ2n) is 4.05. The summed E-state index contributed by atoms with van der Waals surface area (Å²) in [7, 11) is 0. The first-order valence-corrected chi connectivity index (χ1v) is 8.97. The predicted octanol–water partition coefficient (Wildman–Crippen LogP) is 2.01. The van der Waals surface area contributed by atoms with Gasteiger partial charge in [-0.2, -0.15) is 0 Å². The molecule has 0 aliphatic carbocycles. The molecule has 1 aromatic carbocycles. The second-order valence-corrected chi connectivity index (χ2v) is 7.62. The van der Waals surface area contributed by atoms with Gasteiger partial charge in [0.25, 0.3) is 11.8 Å². The number of hydroxylamine groups is 2. The zero-order valence-corrected chi connectivity index (χ0v) is 17.1. The molecule has 0 N–H and O–H groups in total. The number of esters is 1. The Balaban J connectivity index is 2.08. The smallest absolute Gasteiger partial charge is 0.416 e. The van der Waals surface area contributed by atoms with Crippen LogP contribution in [0.15, 0.2) is 12.1 Å². The lowest BCUT2D eigenvalue weighted by Gasteiger charge is -2.12. The molecule has 1 aliphatic heterocycles. The quantitative estimate of drug-likeness (QED) is 0.162. The topological polar surface area (TPSA) is 90.0 Å². The number of benzene rings is 1. The van der Waals surface area contributed by atoms with Gasteiger partial charge in [0.15, 0.2) is 5.75 Å². The van der Waals surface area contributed by atoms with Gasteiger partial charge < -0.3 is 9.57 Å². The zero-order valence-electron chi connectivity index (χ0n) is 10.6. The third kappa shape index (κ3) is 4.06. The van der Waals surface area contributed by atoms with Gasteiger partial charge in [0.2, 0.25) is 0 Å². The van der Waals surface area contributed by atoms with Crippen molar-refractivity contribution in [2.75, 3.05) is 0 Å². The first-order chi connectivity index (χ1) is 10.3. The Hall–Kier alpha value is -0.510. The van der Waals surface area contributed by atoms with Crippen molar-refractivity contribution in [3.05, 3.63) is 22.8 Å². The molecule has 0 atom stereocenters. The lowest BCUT2D eigenvalue weighted by molar-refractivity contribution is -0.200. The lowest BCUT2D eigenvalue weighted by Crippen LogP contribution is -2.36. The highest BCUT2D eigenvalue weighted by Gasteiger charge is 2.35. The molecule has 0 saturated carbocycles. The first kappa shape index (κ1) is 17.8. The molecule has 116 valence electrons. The van der Waals surface area contributed by atoms with Crippen molar-refractivity contribution in [3.8, 4) is 5.75 Å². The monoisotopic (exact) mass is 641 g/mol. The van der Waals surface area contributed by atoms with E-state index in [1.807, 2.05) is 45.2 Å². The van der Waals surface area contributed by atoms with Gasteiger partial charge in [-0.15, -0.1) is 5.06 Å². The summed E-state index contributed by atoms with van der Waals surface area (Å²) < 4.78 is 7.22. The fourth-order valence-corrected chi connectivity index (χ4v) is 5.34. The van der Waals surface area contributed by atoms with Crippen LogP contribution in [0.25, 0.3) is 0 Å². The van der Waals surface area contributed by atoms with Crippen molar-refractivity contribution in [1.82, 2.24) is 5.06 Å². The summed E-state index contributed by atoms with van der Waals surface area (Å²) in [6.45, 7) is 0. The Labute approximate surface area is 165 Å². The van der Waals surface area contributed by atoms with E-state index < -0.39 is 23.8 Å². The van der Waals surface area contributed by atoms with E-state index in [2.05, 4.69) is 27.4 Å². The summed E-state index contributed by atoms with van der Waals surface area (Å²) in [6, 6.07) is 3.54. The number of hydrogen-bond acceptors (Lipinski definition) is 6. The summed E-state index contributed by atoms with van der Waals surface area (Å²) in [5.41, 5.74) is 0. The number of hydrogen-bond donors (Lipinski definition) is 0. The van der Waals surface area contributed by atoms with Crippen LogP contribution in [-0.2, 0) is 24.0 Å². The van der Waals surface area contributed by atoms with E-state index in [1.54, 1.807) is 12.1 Å². The molecule has 0 aromatic heterocycles. The fourth-order valence-electron chi connectivity index (χ4n) is 1.54. The van der Waals surface area contributed by atoms with Crippen LogP contribution in [0, 0.1) is 10.7 Å². The minimum Gasteiger partial charge on any atom is -0.416 e. The maximum absolute atomic E-state index is 11.7. The van der Waals surface area contributed by atoms with E-state index in [4.69, 9.17) is 4.74 Å². The molecule has 0 bridgehead atoms. The average molecular weight is 641 g/mol. The Morgan fingerprint density at radius 2 is 1.45 bits per heavy atom. The largest absolute Gasteiger partial charge is 0.442 e. The van der Waals surface area contributed by atoms with Crippen LogP contribution < -0.4 is 4.74 Å². The number of amides is 2. The molecular formula is C12H6I3NO6. The molecule has 10 heteroatoms. The predicted molar refractivity (Wildman–Crippen MR) is 97.4 cm³/mol. The normalized spacial score (nSPS) is 14.2. The van der Waals surface area contributed by atoms with Gasteiger partial charge in [-0.3, -0.25) is 9.59 Å². The van der Waals surface area contributed by atoms with E-state index in [-0.39, 0.29) is 18.6 Å².